The number of carbonyl (C=O) groups excluding carboxylic acids is 1. The minimum absolute atomic E-state index is 0.0359. The van der Waals surface area contributed by atoms with Gasteiger partial charge in [0.1, 0.15) is 0 Å². The van der Waals surface area contributed by atoms with Crippen molar-refractivity contribution in [2.45, 2.75) is 58.7 Å². The van der Waals surface area contributed by atoms with Crippen LogP contribution in [0.15, 0.2) is 21.7 Å². The molecule has 0 aliphatic heterocycles. The molecule has 0 aliphatic carbocycles. The molecule has 8 nitrogen and oxygen atoms in total. The number of hydrogen-bond acceptors (Lipinski definition) is 6. The van der Waals surface area contributed by atoms with Gasteiger partial charge >= 0.3 is 17.8 Å². The Morgan fingerprint density at radius 3 is 2.47 bits per heavy atom. The van der Waals surface area contributed by atoms with Crippen molar-refractivity contribution in [1.82, 2.24) is 19.5 Å². The van der Waals surface area contributed by atoms with Gasteiger partial charge in [0.2, 0.25) is 0 Å². The number of fused-ring (bicyclic) bond motifs is 2. The number of aromatic nitrogens is 4. The van der Waals surface area contributed by atoms with Gasteiger partial charge in [-0.3, -0.25) is 19.1 Å². The second-order valence-corrected chi connectivity index (χ2v) is 7.43. The van der Waals surface area contributed by atoms with Gasteiger partial charge in [0, 0.05) is 13.0 Å². The number of aryl methyl sites for hydroxylation is 1. The summed E-state index contributed by atoms with van der Waals surface area (Å²) in [5.74, 6) is -0.252. The summed E-state index contributed by atoms with van der Waals surface area (Å²) >= 11 is 0. The monoisotopic (exact) mass is 452 g/mol. The molecule has 32 heavy (non-hydrogen) atoms. The van der Waals surface area contributed by atoms with E-state index in [1.807, 2.05) is 0 Å². The van der Waals surface area contributed by atoms with Crippen molar-refractivity contribution < 1.29 is 22.7 Å². The minimum atomic E-state index is -4.55. The number of benzene rings is 1. The number of carbonyl (C=O) groups is 1. The van der Waals surface area contributed by atoms with Crippen LogP contribution in [0.5, 0.6) is 0 Å². The van der Waals surface area contributed by atoms with E-state index in [0.29, 0.717) is 32.3 Å². The Morgan fingerprint density at radius 1 is 1.09 bits per heavy atom. The van der Waals surface area contributed by atoms with E-state index in [-0.39, 0.29) is 40.3 Å². The number of esters is 1. The number of alkyl halides is 3. The lowest BCUT2D eigenvalue weighted by Crippen LogP contribution is -2.35. The van der Waals surface area contributed by atoms with Crippen LogP contribution < -0.4 is 11.2 Å². The van der Waals surface area contributed by atoms with Crippen LogP contribution in [0.2, 0.25) is 0 Å². The molecular formula is C21H23F3N4O4. The van der Waals surface area contributed by atoms with Gasteiger partial charge in [0.25, 0.3) is 5.56 Å². The molecule has 1 aromatic carbocycles. The van der Waals surface area contributed by atoms with Gasteiger partial charge in [-0.2, -0.15) is 13.2 Å². The average Bonchev–Trinajstić information content (AvgIpc) is 2.70. The van der Waals surface area contributed by atoms with Gasteiger partial charge in [-0.15, -0.1) is 0 Å². The van der Waals surface area contributed by atoms with E-state index in [1.54, 1.807) is 6.92 Å². The van der Waals surface area contributed by atoms with Gasteiger partial charge in [-0.25, -0.2) is 14.8 Å². The first-order chi connectivity index (χ1) is 15.1. The van der Waals surface area contributed by atoms with Crippen LogP contribution >= 0.6 is 0 Å². The molecule has 0 fully saturated rings. The molecule has 0 saturated carbocycles. The van der Waals surface area contributed by atoms with Crippen LogP contribution in [0.4, 0.5) is 13.2 Å². The number of nitrogens with one attached hydrogen (secondary N) is 1. The smallest absolute Gasteiger partial charge is 0.416 e. The lowest BCUT2D eigenvalue weighted by molar-refractivity contribution is -0.143. The number of aromatic amines is 1. The zero-order valence-corrected chi connectivity index (χ0v) is 17.7. The van der Waals surface area contributed by atoms with Crippen molar-refractivity contribution in [3.05, 3.63) is 44.1 Å². The number of H-pyrrole nitrogens is 1. The molecule has 0 unspecified atom stereocenters. The molecule has 3 aromatic rings. The highest BCUT2D eigenvalue weighted by molar-refractivity contribution is 5.84. The highest BCUT2D eigenvalue weighted by Crippen LogP contribution is 2.33. The Hall–Kier alpha value is -3.24. The lowest BCUT2D eigenvalue weighted by atomic mass is 10.1. The van der Waals surface area contributed by atoms with Crippen LogP contribution in [0.3, 0.4) is 0 Å². The molecule has 0 radical (unpaired) electrons. The predicted molar refractivity (Wildman–Crippen MR) is 111 cm³/mol. The summed E-state index contributed by atoms with van der Waals surface area (Å²) in [5, 5.41) is 0. The third kappa shape index (κ3) is 5.14. The zero-order valence-electron chi connectivity index (χ0n) is 17.7. The second kappa shape index (κ2) is 9.49. The third-order valence-electron chi connectivity index (χ3n) is 5.05. The van der Waals surface area contributed by atoms with E-state index in [4.69, 9.17) is 4.74 Å². The van der Waals surface area contributed by atoms with Crippen molar-refractivity contribution in [3.8, 4) is 0 Å². The first-order valence-electron chi connectivity index (χ1n) is 10.3. The van der Waals surface area contributed by atoms with Gasteiger partial charge in [0.05, 0.1) is 23.2 Å². The SMILES string of the molecule is CCOC(=O)CCCCCCn1c(=O)[nH]c2nc3cc(C(F)(F)F)c(C)cc3nc2c1=O. The number of nitrogens with zero attached hydrogens (tertiary/aromatic N) is 3. The van der Waals surface area contributed by atoms with Crippen molar-refractivity contribution in [2.75, 3.05) is 6.61 Å². The average molecular weight is 452 g/mol. The summed E-state index contributed by atoms with van der Waals surface area (Å²) in [4.78, 5) is 47.1. The summed E-state index contributed by atoms with van der Waals surface area (Å²) < 4.78 is 45.3. The molecule has 3 rings (SSSR count). The summed E-state index contributed by atoms with van der Waals surface area (Å²) in [5.41, 5.74) is -2.44. The number of hydrogen-bond donors (Lipinski definition) is 1. The molecule has 0 atom stereocenters. The van der Waals surface area contributed by atoms with E-state index < -0.39 is 23.0 Å². The molecule has 11 heteroatoms. The topological polar surface area (TPSA) is 107 Å². The number of rotatable bonds is 8. The number of ether oxygens (including phenoxy) is 1. The Labute approximate surface area is 180 Å². The third-order valence-corrected chi connectivity index (χ3v) is 5.05. The largest absolute Gasteiger partial charge is 0.466 e. The molecule has 172 valence electrons. The fraction of sp³-hybridized carbons (Fsp3) is 0.476. The first-order valence-corrected chi connectivity index (χ1v) is 10.3. The zero-order chi connectivity index (χ0) is 23.5. The predicted octanol–water partition coefficient (Wildman–Crippen LogP) is 3.47. The number of halogens is 3. The van der Waals surface area contributed by atoms with Crippen molar-refractivity contribution in [1.29, 1.82) is 0 Å². The molecule has 2 aromatic heterocycles. The van der Waals surface area contributed by atoms with E-state index in [1.165, 1.54) is 13.0 Å². The summed E-state index contributed by atoms with van der Waals surface area (Å²) in [6, 6.07) is 2.08. The highest BCUT2D eigenvalue weighted by atomic mass is 19.4. The van der Waals surface area contributed by atoms with E-state index in [0.717, 1.165) is 17.1 Å². The van der Waals surface area contributed by atoms with Crippen LogP contribution in [0.25, 0.3) is 22.2 Å². The van der Waals surface area contributed by atoms with E-state index >= 15 is 0 Å². The van der Waals surface area contributed by atoms with Gasteiger partial charge in [0.15, 0.2) is 11.2 Å². The summed E-state index contributed by atoms with van der Waals surface area (Å²) in [6.45, 7) is 3.54. The maximum atomic E-state index is 13.2. The van der Waals surface area contributed by atoms with E-state index in [9.17, 15) is 27.6 Å². The van der Waals surface area contributed by atoms with E-state index in [2.05, 4.69) is 15.0 Å². The van der Waals surface area contributed by atoms with Crippen LogP contribution in [0, 0.1) is 6.92 Å². The maximum absolute atomic E-state index is 13.2. The minimum Gasteiger partial charge on any atom is -0.466 e. The van der Waals surface area contributed by atoms with Crippen molar-refractivity contribution in [3.63, 3.8) is 0 Å². The summed E-state index contributed by atoms with van der Waals surface area (Å²) in [6.07, 6.45) is -1.61. The van der Waals surface area contributed by atoms with Crippen LogP contribution in [-0.2, 0) is 22.3 Å². The second-order valence-electron chi connectivity index (χ2n) is 7.43. The van der Waals surface area contributed by atoms with Gasteiger partial charge in [-0.1, -0.05) is 12.8 Å². The maximum Gasteiger partial charge on any atom is 0.416 e. The Bertz CT molecular complexity index is 1260. The molecule has 0 aliphatic rings. The molecule has 0 spiro atoms. The Kier molecular flexibility index (Phi) is 6.95. The summed E-state index contributed by atoms with van der Waals surface area (Å²) in [7, 11) is 0. The first kappa shape index (κ1) is 23.4. The molecular weight excluding hydrogens is 429 g/mol. The Balaban J connectivity index is 1.81. The molecule has 1 N–H and O–H groups in total. The lowest BCUT2D eigenvalue weighted by Gasteiger charge is -2.11. The molecule has 0 bridgehead atoms. The Morgan fingerprint density at radius 2 is 1.78 bits per heavy atom. The fourth-order valence-corrected chi connectivity index (χ4v) is 3.47. The van der Waals surface area contributed by atoms with Crippen LogP contribution in [-0.4, -0.2) is 32.1 Å². The fourth-order valence-electron chi connectivity index (χ4n) is 3.47. The molecule has 0 saturated heterocycles. The molecule has 2 heterocycles. The standard InChI is InChI=1S/C21H23F3N4O4/c1-3-32-16(29)8-6-4-5-7-9-28-19(30)17-18(27-20(28)31)26-15-11-13(21(22,23)24)12(2)10-14(15)25-17/h10-11H,3-9H2,1-2H3,(H,26,27,31). The van der Waals surface area contributed by atoms with Crippen molar-refractivity contribution in [2.24, 2.45) is 0 Å². The highest BCUT2D eigenvalue weighted by Gasteiger charge is 2.33. The number of unbranched alkanes of at least 4 members (excludes halogenated alkanes) is 3. The van der Waals surface area contributed by atoms with Crippen LogP contribution in [0.1, 0.15) is 50.2 Å². The molecule has 0 amide bonds. The van der Waals surface area contributed by atoms with Crippen molar-refractivity contribution >= 4 is 28.2 Å². The quantitative estimate of drug-likeness (QED) is 0.319. The van der Waals surface area contributed by atoms with Gasteiger partial charge < -0.3 is 4.74 Å². The normalized spacial score (nSPS) is 11.9. The van der Waals surface area contributed by atoms with Gasteiger partial charge in [-0.05, 0) is 44.4 Å².